The van der Waals surface area contributed by atoms with Crippen LogP contribution in [-0.2, 0) is 16.1 Å². The second-order valence-electron chi connectivity index (χ2n) is 8.85. The predicted molar refractivity (Wildman–Crippen MR) is 110 cm³/mol. The maximum absolute atomic E-state index is 12.6. The van der Waals surface area contributed by atoms with Crippen LogP contribution in [0.4, 0.5) is 0 Å². The Balaban J connectivity index is 1.50. The number of hydrogen-bond acceptors (Lipinski definition) is 4. The zero-order valence-electron chi connectivity index (χ0n) is 17.2. The molecule has 2 aliphatic heterocycles. The Hall–Kier alpha value is -1.92. The molecule has 0 bridgehead atoms. The molecule has 2 saturated heterocycles. The van der Waals surface area contributed by atoms with Gasteiger partial charge in [-0.25, -0.2) is 0 Å². The number of nitrogens with one attached hydrogen (secondary N) is 1. The van der Waals surface area contributed by atoms with Crippen LogP contribution < -0.4 is 11.1 Å². The summed E-state index contributed by atoms with van der Waals surface area (Å²) in [5.41, 5.74) is 7.39. The van der Waals surface area contributed by atoms with Gasteiger partial charge in [0.1, 0.15) is 0 Å². The van der Waals surface area contributed by atoms with E-state index >= 15 is 0 Å². The molecular formula is C22H34N4O2. The monoisotopic (exact) mass is 386 g/mol. The summed E-state index contributed by atoms with van der Waals surface area (Å²) in [7, 11) is 0. The van der Waals surface area contributed by atoms with E-state index in [9.17, 15) is 9.59 Å². The number of benzene rings is 1. The van der Waals surface area contributed by atoms with Gasteiger partial charge in [0.05, 0.1) is 12.6 Å². The standard InChI is InChI=1S/C22H34N4O2/c1-17(2)20(23)21(28)24-13-19(27)26-12-10-22(16-26)9-6-11-25(15-22)14-18-7-4-3-5-8-18/h3-5,7-8,17,20H,6,9-16,23H2,1-2H3,(H,24,28)/t20-,22?/m0/s1. The summed E-state index contributed by atoms with van der Waals surface area (Å²) in [5, 5.41) is 2.71. The Morgan fingerprint density at radius 3 is 2.61 bits per heavy atom. The summed E-state index contributed by atoms with van der Waals surface area (Å²) in [6.07, 6.45) is 3.39. The molecule has 1 unspecified atom stereocenters. The minimum Gasteiger partial charge on any atom is -0.346 e. The summed E-state index contributed by atoms with van der Waals surface area (Å²) >= 11 is 0. The number of amides is 2. The van der Waals surface area contributed by atoms with E-state index in [2.05, 4.69) is 40.5 Å². The highest BCUT2D eigenvalue weighted by atomic mass is 16.2. The molecule has 1 aromatic carbocycles. The molecule has 0 aliphatic carbocycles. The molecule has 6 nitrogen and oxygen atoms in total. The van der Waals surface area contributed by atoms with Crippen LogP contribution in [0.25, 0.3) is 0 Å². The Morgan fingerprint density at radius 2 is 1.89 bits per heavy atom. The van der Waals surface area contributed by atoms with Gasteiger partial charge >= 0.3 is 0 Å². The highest BCUT2D eigenvalue weighted by molar-refractivity contribution is 5.87. The Morgan fingerprint density at radius 1 is 1.14 bits per heavy atom. The van der Waals surface area contributed by atoms with E-state index in [1.165, 1.54) is 18.4 Å². The first-order valence-electron chi connectivity index (χ1n) is 10.5. The van der Waals surface area contributed by atoms with Crippen molar-refractivity contribution in [2.45, 2.75) is 45.7 Å². The molecular weight excluding hydrogens is 352 g/mol. The second-order valence-corrected chi connectivity index (χ2v) is 8.85. The zero-order chi connectivity index (χ0) is 20.1. The number of carbonyl (C=O) groups excluding carboxylic acids is 2. The summed E-state index contributed by atoms with van der Waals surface area (Å²) < 4.78 is 0. The SMILES string of the molecule is CC(C)[C@H](N)C(=O)NCC(=O)N1CCC2(CCCN(Cc3ccccc3)C2)C1. The number of hydrogen-bond donors (Lipinski definition) is 2. The van der Waals surface area contributed by atoms with Gasteiger partial charge in [-0.3, -0.25) is 14.5 Å². The van der Waals surface area contributed by atoms with Crippen molar-refractivity contribution in [2.75, 3.05) is 32.7 Å². The Bertz CT molecular complexity index is 678. The van der Waals surface area contributed by atoms with Crippen molar-refractivity contribution in [1.82, 2.24) is 15.1 Å². The summed E-state index contributed by atoms with van der Waals surface area (Å²) in [6.45, 7) is 8.56. The van der Waals surface area contributed by atoms with Gasteiger partial charge in [-0.05, 0) is 37.3 Å². The van der Waals surface area contributed by atoms with E-state index in [1.54, 1.807) is 0 Å². The smallest absolute Gasteiger partial charge is 0.241 e. The number of nitrogens with zero attached hydrogens (tertiary/aromatic N) is 2. The third-order valence-electron chi connectivity index (χ3n) is 6.22. The minimum atomic E-state index is -0.567. The van der Waals surface area contributed by atoms with E-state index < -0.39 is 6.04 Å². The van der Waals surface area contributed by atoms with Gasteiger partial charge in [-0.1, -0.05) is 44.2 Å². The third-order valence-corrected chi connectivity index (χ3v) is 6.22. The maximum atomic E-state index is 12.6. The maximum Gasteiger partial charge on any atom is 0.241 e. The minimum absolute atomic E-state index is 0.00126. The molecule has 2 fully saturated rings. The number of likely N-dealkylation sites (tertiary alicyclic amines) is 2. The van der Waals surface area contributed by atoms with Crippen molar-refractivity contribution in [3.05, 3.63) is 35.9 Å². The van der Waals surface area contributed by atoms with Gasteiger partial charge in [0.25, 0.3) is 0 Å². The molecule has 0 saturated carbocycles. The molecule has 2 heterocycles. The van der Waals surface area contributed by atoms with E-state index in [0.717, 1.165) is 39.1 Å². The molecule has 3 N–H and O–H groups in total. The van der Waals surface area contributed by atoms with Crippen LogP contribution in [0, 0.1) is 11.3 Å². The van der Waals surface area contributed by atoms with Crippen LogP contribution >= 0.6 is 0 Å². The van der Waals surface area contributed by atoms with Gasteiger partial charge in [-0.2, -0.15) is 0 Å². The van der Waals surface area contributed by atoms with Crippen LogP contribution in [-0.4, -0.2) is 60.4 Å². The van der Waals surface area contributed by atoms with Gasteiger partial charge in [0.15, 0.2) is 0 Å². The number of carbonyl (C=O) groups is 2. The van der Waals surface area contributed by atoms with Crippen molar-refractivity contribution < 1.29 is 9.59 Å². The van der Waals surface area contributed by atoms with Gasteiger partial charge in [-0.15, -0.1) is 0 Å². The van der Waals surface area contributed by atoms with Crippen molar-refractivity contribution in [3.63, 3.8) is 0 Å². The lowest BCUT2D eigenvalue weighted by Gasteiger charge is -2.40. The molecule has 2 aliphatic rings. The quantitative estimate of drug-likeness (QED) is 0.778. The average Bonchev–Trinajstić information content (AvgIpc) is 3.09. The number of nitrogens with two attached hydrogens (primary N) is 1. The normalized spacial score (nSPS) is 23.9. The van der Waals surface area contributed by atoms with E-state index in [-0.39, 0.29) is 29.7 Å². The highest BCUT2D eigenvalue weighted by Crippen LogP contribution is 2.39. The lowest BCUT2D eigenvalue weighted by atomic mass is 9.79. The largest absolute Gasteiger partial charge is 0.346 e. The molecule has 1 spiro atoms. The molecule has 6 heteroatoms. The fraction of sp³-hybridized carbons (Fsp3) is 0.636. The predicted octanol–water partition coefficient (Wildman–Crippen LogP) is 1.60. The van der Waals surface area contributed by atoms with E-state index in [4.69, 9.17) is 5.73 Å². The molecule has 0 aromatic heterocycles. The van der Waals surface area contributed by atoms with Gasteiger partial charge in [0.2, 0.25) is 11.8 Å². The second kappa shape index (κ2) is 9.05. The zero-order valence-corrected chi connectivity index (χ0v) is 17.2. The Labute approximate surface area is 168 Å². The molecule has 0 radical (unpaired) electrons. The first-order valence-corrected chi connectivity index (χ1v) is 10.5. The van der Waals surface area contributed by atoms with E-state index in [1.807, 2.05) is 18.7 Å². The molecule has 1 aromatic rings. The van der Waals surface area contributed by atoms with Crippen molar-refractivity contribution >= 4 is 11.8 Å². The van der Waals surface area contributed by atoms with Crippen molar-refractivity contribution in [2.24, 2.45) is 17.1 Å². The van der Waals surface area contributed by atoms with Crippen molar-refractivity contribution in [3.8, 4) is 0 Å². The molecule has 2 atom stereocenters. The summed E-state index contributed by atoms with van der Waals surface area (Å²) in [6, 6.07) is 10.0. The lowest BCUT2D eigenvalue weighted by molar-refractivity contribution is -0.133. The first-order chi connectivity index (χ1) is 13.4. The van der Waals surface area contributed by atoms with Crippen LogP contribution in [0.5, 0.6) is 0 Å². The fourth-order valence-corrected chi connectivity index (χ4v) is 4.46. The summed E-state index contributed by atoms with van der Waals surface area (Å²) in [5.74, 6) is -0.187. The highest BCUT2D eigenvalue weighted by Gasteiger charge is 2.42. The van der Waals surface area contributed by atoms with Crippen molar-refractivity contribution in [1.29, 1.82) is 0 Å². The fourth-order valence-electron chi connectivity index (χ4n) is 4.46. The summed E-state index contributed by atoms with van der Waals surface area (Å²) in [4.78, 5) is 29.0. The Kier molecular flexibility index (Phi) is 6.73. The van der Waals surface area contributed by atoms with E-state index in [0.29, 0.717) is 0 Å². The molecule has 2 amide bonds. The van der Waals surface area contributed by atoms with Crippen LogP contribution in [0.1, 0.15) is 38.7 Å². The number of rotatable bonds is 6. The molecule has 154 valence electrons. The first kappa shape index (κ1) is 20.8. The molecule has 28 heavy (non-hydrogen) atoms. The van der Waals surface area contributed by atoms with Crippen LogP contribution in [0.3, 0.4) is 0 Å². The average molecular weight is 387 g/mol. The van der Waals surface area contributed by atoms with Gasteiger partial charge in [0, 0.05) is 31.6 Å². The third kappa shape index (κ3) is 5.11. The topological polar surface area (TPSA) is 78.7 Å². The van der Waals surface area contributed by atoms with Crippen LogP contribution in [0.15, 0.2) is 30.3 Å². The van der Waals surface area contributed by atoms with Gasteiger partial charge < -0.3 is 16.0 Å². The lowest BCUT2D eigenvalue weighted by Crippen LogP contribution is -2.48. The molecule has 3 rings (SSSR count). The number of piperidine rings is 1. The van der Waals surface area contributed by atoms with Crippen LogP contribution in [0.2, 0.25) is 0 Å².